The third kappa shape index (κ3) is 5.79. The summed E-state index contributed by atoms with van der Waals surface area (Å²) in [7, 11) is 0.568. The summed E-state index contributed by atoms with van der Waals surface area (Å²) in [4.78, 5) is 0. The summed E-state index contributed by atoms with van der Waals surface area (Å²) in [6.45, 7) is 9.86. The minimum atomic E-state index is 0.353. The molecule has 9 heavy (non-hydrogen) atoms. The van der Waals surface area contributed by atoms with E-state index >= 15 is 0 Å². The van der Waals surface area contributed by atoms with Crippen LogP contribution in [-0.2, 0) is 4.43 Å². The zero-order valence-corrected chi connectivity index (χ0v) is 7.35. The van der Waals surface area contributed by atoms with Gasteiger partial charge in [-0.1, -0.05) is 13.0 Å². The van der Waals surface area contributed by atoms with E-state index in [1.807, 2.05) is 19.9 Å². The van der Waals surface area contributed by atoms with Gasteiger partial charge in [0.15, 0.2) is 0 Å². The maximum absolute atomic E-state index is 5.35. The second-order valence-electron chi connectivity index (χ2n) is 2.31. The Morgan fingerprint density at radius 2 is 2.00 bits per heavy atom. The van der Waals surface area contributed by atoms with Gasteiger partial charge >= 0.3 is 0 Å². The monoisotopic (exact) mass is 142 g/mol. The number of rotatable bonds is 4. The maximum Gasteiger partial charge on any atom is 0.237 e. The molecule has 0 aliphatic rings. The van der Waals surface area contributed by atoms with E-state index < -0.39 is 0 Å². The summed E-state index contributed by atoms with van der Waals surface area (Å²) in [5, 5.41) is 0. The SMILES string of the molecule is C=CC(C)[Si]OC(C)C. The maximum atomic E-state index is 5.35. The van der Waals surface area contributed by atoms with Crippen LogP contribution in [0.4, 0.5) is 0 Å². The molecule has 0 bridgehead atoms. The van der Waals surface area contributed by atoms with Gasteiger partial charge < -0.3 is 4.43 Å². The molecule has 0 N–H and O–H groups in total. The lowest BCUT2D eigenvalue weighted by molar-refractivity contribution is 0.253. The van der Waals surface area contributed by atoms with Crippen molar-refractivity contribution in [3.63, 3.8) is 0 Å². The molecule has 1 atom stereocenters. The van der Waals surface area contributed by atoms with Gasteiger partial charge in [-0.15, -0.1) is 6.58 Å². The van der Waals surface area contributed by atoms with Crippen molar-refractivity contribution >= 4 is 9.76 Å². The van der Waals surface area contributed by atoms with Gasteiger partial charge in [0.25, 0.3) is 0 Å². The average Bonchev–Trinajstić information content (AvgIpc) is 1.83. The van der Waals surface area contributed by atoms with Crippen molar-refractivity contribution in [1.29, 1.82) is 0 Å². The molecule has 1 unspecified atom stereocenters. The highest BCUT2D eigenvalue weighted by Gasteiger charge is 2.00. The third-order valence-corrected chi connectivity index (χ3v) is 2.06. The molecule has 52 valence electrons. The average molecular weight is 142 g/mol. The van der Waals surface area contributed by atoms with E-state index in [0.29, 0.717) is 21.4 Å². The van der Waals surface area contributed by atoms with Crippen molar-refractivity contribution in [2.75, 3.05) is 0 Å². The van der Waals surface area contributed by atoms with Crippen LogP contribution in [0.15, 0.2) is 12.7 Å². The first-order valence-electron chi connectivity index (χ1n) is 3.20. The lowest BCUT2D eigenvalue weighted by Crippen LogP contribution is -2.09. The van der Waals surface area contributed by atoms with Gasteiger partial charge in [0.05, 0.1) is 0 Å². The van der Waals surface area contributed by atoms with Gasteiger partial charge in [0.1, 0.15) is 0 Å². The standard InChI is InChI=1S/C7H14OSi/c1-5-7(4)9-8-6(2)3/h5-7H,1H2,2-4H3. The summed E-state index contributed by atoms with van der Waals surface area (Å²) in [6.07, 6.45) is 2.27. The van der Waals surface area contributed by atoms with Gasteiger partial charge in [-0.3, -0.25) is 0 Å². The van der Waals surface area contributed by atoms with E-state index in [4.69, 9.17) is 4.43 Å². The van der Waals surface area contributed by atoms with Gasteiger partial charge in [-0.05, 0) is 19.4 Å². The van der Waals surface area contributed by atoms with Crippen LogP contribution in [0.25, 0.3) is 0 Å². The first-order valence-corrected chi connectivity index (χ1v) is 4.19. The second-order valence-corrected chi connectivity index (χ2v) is 3.69. The van der Waals surface area contributed by atoms with E-state index in [1.165, 1.54) is 0 Å². The van der Waals surface area contributed by atoms with Crippen LogP contribution in [-0.4, -0.2) is 15.9 Å². The number of hydrogen-bond donors (Lipinski definition) is 0. The molecule has 0 spiro atoms. The molecule has 0 aliphatic heterocycles. The molecule has 0 rings (SSSR count). The molecule has 2 heteroatoms. The Bertz CT molecular complexity index is 81.0. The van der Waals surface area contributed by atoms with Gasteiger partial charge in [0, 0.05) is 6.10 Å². The van der Waals surface area contributed by atoms with Gasteiger partial charge in [-0.2, -0.15) is 0 Å². The van der Waals surface area contributed by atoms with Gasteiger partial charge in [0.2, 0.25) is 9.76 Å². The highest BCUT2D eigenvalue weighted by atomic mass is 28.2. The van der Waals surface area contributed by atoms with Crippen molar-refractivity contribution in [3.05, 3.63) is 12.7 Å². The summed E-state index contributed by atoms with van der Waals surface area (Å²) >= 11 is 0. The van der Waals surface area contributed by atoms with E-state index in [1.54, 1.807) is 0 Å². The first-order chi connectivity index (χ1) is 4.16. The van der Waals surface area contributed by atoms with Crippen LogP contribution in [0.5, 0.6) is 0 Å². The normalized spacial score (nSPS) is 13.8. The lowest BCUT2D eigenvalue weighted by Gasteiger charge is -2.07. The lowest BCUT2D eigenvalue weighted by atomic mass is 10.5. The Morgan fingerprint density at radius 3 is 2.33 bits per heavy atom. The fourth-order valence-corrected chi connectivity index (χ4v) is 0.875. The summed E-state index contributed by atoms with van der Waals surface area (Å²) in [6, 6.07) is 0. The Labute approximate surface area is 60.1 Å². The summed E-state index contributed by atoms with van der Waals surface area (Å²) in [5.74, 6) is 0. The first kappa shape index (κ1) is 8.92. The predicted octanol–water partition coefficient (Wildman–Crippen LogP) is 2.02. The highest BCUT2D eigenvalue weighted by molar-refractivity contribution is 6.30. The Balaban J connectivity index is 3.16. The van der Waals surface area contributed by atoms with Crippen LogP contribution in [0.2, 0.25) is 5.54 Å². The molecule has 0 saturated carbocycles. The molecular weight excluding hydrogens is 128 g/mol. The minimum Gasteiger partial charge on any atom is -0.415 e. The minimum absolute atomic E-state index is 0.353. The molecule has 2 radical (unpaired) electrons. The van der Waals surface area contributed by atoms with Crippen molar-refractivity contribution < 1.29 is 4.43 Å². The summed E-state index contributed by atoms with van der Waals surface area (Å²) < 4.78 is 5.35. The van der Waals surface area contributed by atoms with Crippen LogP contribution in [0, 0.1) is 0 Å². The largest absolute Gasteiger partial charge is 0.415 e. The molecule has 0 heterocycles. The van der Waals surface area contributed by atoms with Crippen molar-refractivity contribution in [2.45, 2.75) is 32.4 Å². The Kier molecular flexibility index (Phi) is 4.72. The quantitative estimate of drug-likeness (QED) is 0.431. The molecule has 0 saturated heterocycles. The fraction of sp³-hybridized carbons (Fsp3) is 0.714. The Hall–Kier alpha value is -0.0831. The Morgan fingerprint density at radius 1 is 1.44 bits per heavy atom. The van der Waals surface area contributed by atoms with Crippen LogP contribution in [0.1, 0.15) is 20.8 Å². The predicted molar refractivity (Wildman–Crippen MR) is 41.6 cm³/mol. The topological polar surface area (TPSA) is 9.23 Å². The summed E-state index contributed by atoms with van der Waals surface area (Å²) in [5.41, 5.74) is 0.507. The molecule has 0 aromatic heterocycles. The second kappa shape index (κ2) is 4.76. The molecule has 0 amide bonds. The van der Waals surface area contributed by atoms with E-state index in [-0.39, 0.29) is 0 Å². The molecule has 0 aromatic carbocycles. The number of hydrogen-bond acceptors (Lipinski definition) is 1. The molecule has 0 fully saturated rings. The molecule has 0 aromatic rings. The van der Waals surface area contributed by atoms with Crippen LogP contribution >= 0.6 is 0 Å². The van der Waals surface area contributed by atoms with E-state index in [0.717, 1.165) is 0 Å². The highest BCUT2D eigenvalue weighted by Crippen LogP contribution is 2.02. The number of allylic oxidation sites excluding steroid dienone is 1. The van der Waals surface area contributed by atoms with Gasteiger partial charge in [-0.25, -0.2) is 0 Å². The van der Waals surface area contributed by atoms with E-state index in [2.05, 4.69) is 13.5 Å². The smallest absolute Gasteiger partial charge is 0.237 e. The van der Waals surface area contributed by atoms with Crippen molar-refractivity contribution in [3.8, 4) is 0 Å². The molecule has 1 nitrogen and oxygen atoms in total. The van der Waals surface area contributed by atoms with Crippen LogP contribution < -0.4 is 0 Å². The molecule has 0 aliphatic carbocycles. The van der Waals surface area contributed by atoms with E-state index in [9.17, 15) is 0 Å². The third-order valence-electron chi connectivity index (χ3n) is 0.843. The van der Waals surface area contributed by atoms with Crippen molar-refractivity contribution in [1.82, 2.24) is 0 Å². The van der Waals surface area contributed by atoms with Crippen molar-refractivity contribution in [2.24, 2.45) is 0 Å². The van der Waals surface area contributed by atoms with Crippen LogP contribution in [0.3, 0.4) is 0 Å². The zero-order valence-electron chi connectivity index (χ0n) is 6.35. The fourth-order valence-electron chi connectivity index (χ4n) is 0.292. The molecular formula is C7H14OSi. The zero-order chi connectivity index (χ0) is 7.28.